The second-order valence-corrected chi connectivity index (χ2v) is 5.08. The zero-order valence-corrected chi connectivity index (χ0v) is 10.7. The monoisotopic (exact) mass is 267 g/mol. The summed E-state index contributed by atoms with van der Waals surface area (Å²) in [6.45, 7) is 2.59. The molecule has 2 rings (SSSR count). The summed E-state index contributed by atoms with van der Waals surface area (Å²) in [5.74, 6) is -1.50. The maximum atomic E-state index is 12.2. The Hall–Kier alpha value is -1.55. The molecule has 2 unspecified atom stereocenters. The van der Waals surface area contributed by atoms with E-state index in [0.717, 1.165) is 0 Å². The van der Waals surface area contributed by atoms with Crippen LogP contribution in [0.1, 0.15) is 17.3 Å². The summed E-state index contributed by atoms with van der Waals surface area (Å²) < 4.78 is 0. The minimum absolute atomic E-state index is 0.0226. The van der Waals surface area contributed by atoms with Crippen molar-refractivity contribution in [2.45, 2.75) is 6.92 Å². The van der Waals surface area contributed by atoms with Gasteiger partial charge in [-0.1, -0.05) is 24.6 Å². The van der Waals surface area contributed by atoms with Gasteiger partial charge in [0.1, 0.15) is 0 Å². The van der Waals surface area contributed by atoms with Crippen LogP contribution in [0.25, 0.3) is 0 Å². The third-order valence-corrected chi connectivity index (χ3v) is 3.52. The Labute approximate surface area is 110 Å². The van der Waals surface area contributed by atoms with Crippen molar-refractivity contribution in [2.75, 3.05) is 13.1 Å². The molecule has 1 amide bonds. The van der Waals surface area contributed by atoms with Gasteiger partial charge in [0, 0.05) is 23.7 Å². The van der Waals surface area contributed by atoms with Crippen LogP contribution in [0.15, 0.2) is 24.3 Å². The summed E-state index contributed by atoms with van der Waals surface area (Å²) in [5.41, 5.74) is 0.501. The Morgan fingerprint density at radius 2 is 2.11 bits per heavy atom. The third-order valence-electron chi connectivity index (χ3n) is 3.29. The molecule has 1 fully saturated rings. The zero-order chi connectivity index (χ0) is 13.3. The van der Waals surface area contributed by atoms with Gasteiger partial charge in [0.05, 0.1) is 5.92 Å². The second kappa shape index (κ2) is 4.98. The molecule has 1 heterocycles. The molecule has 96 valence electrons. The van der Waals surface area contributed by atoms with Crippen LogP contribution in [-0.4, -0.2) is 35.0 Å². The van der Waals surface area contributed by atoms with Gasteiger partial charge in [-0.05, 0) is 24.1 Å². The lowest BCUT2D eigenvalue weighted by molar-refractivity contribution is -0.142. The van der Waals surface area contributed by atoms with Crippen LogP contribution < -0.4 is 0 Å². The summed E-state index contributed by atoms with van der Waals surface area (Å²) in [5, 5.41) is 9.54. The highest BCUT2D eigenvalue weighted by atomic mass is 35.5. The number of nitrogens with zero attached hydrogens (tertiary/aromatic N) is 1. The van der Waals surface area contributed by atoms with Gasteiger partial charge in [0.15, 0.2) is 0 Å². The van der Waals surface area contributed by atoms with E-state index in [2.05, 4.69) is 0 Å². The number of rotatable bonds is 2. The van der Waals surface area contributed by atoms with E-state index in [0.29, 0.717) is 17.1 Å². The van der Waals surface area contributed by atoms with Crippen molar-refractivity contribution in [3.05, 3.63) is 34.9 Å². The fraction of sp³-hybridized carbons (Fsp3) is 0.385. The maximum Gasteiger partial charge on any atom is 0.308 e. The van der Waals surface area contributed by atoms with Crippen LogP contribution in [0.2, 0.25) is 5.02 Å². The topological polar surface area (TPSA) is 57.6 Å². The van der Waals surface area contributed by atoms with E-state index in [1.165, 1.54) is 0 Å². The Morgan fingerprint density at radius 3 is 2.67 bits per heavy atom. The highest BCUT2D eigenvalue weighted by Crippen LogP contribution is 2.25. The average molecular weight is 268 g/mol. The molecular weight excluding hydrogens is 254 g/mol. The zero-order valence-electron chi connectivity index (χ0n) is 9.97. The summed E-state index contributed by atoms with van der Waals surface area (Å²) in [4.78, 5) is 24.8. The van der Waals surface area contributed by atoms with Crippen molar-refractivity contribution in [2.24, 2.45) is 11.8 Å². The Kier molecular flexibility index (Phi) is 3.57. The largest absolute Gasteiger partial charge is 0.481 e. The molecule has 1 aromatic rings. The lowest BCUT2D eigenvalue weighted by Gasteiger charge is -2.15. The molecular formula is C13H14ClNO3. The predicted octanol–water partition coefficient (Wildman–Crippen LogP) is 2.13. The fourth-order valence-electron chi connectivity index (χ4n) is 2.26. The van der Waals surface area contributed by atoms with Crippen molar-refractivity contribution in [3.63, 3.8) is 0 Å². The molecule has 5 heteroatoms. The van der Waals surface area contributed by atoms with Gasteiger partial charge in [0.2, 0.25) is 0 Å². The number of benzene rings is 1. The molecule has 0 bridgehead atoms. The average Bonchev–Trinajstić information content (AvgIpc) is 2.70. The van der Waals surface area contributed by atoms with Crippen molar-refractivity contribution in [1.82, 2.24) is 4.90 Å². The van der Waals surface area contributed by atoms with Crippen LogP contribution in [0.4, 0.5) is 0 Å². The molecule has 0 radical (unpaired) electrons. The SMILES string of the molecule is CC1CN(C(=O)c2cccc(Cl)c2)CC1C(=O)O. The van der Waals surface area contributed by atoms with Gasteiger partial charge in [-0.2, -0.15) is 0 Å². The highest BCUT2D eigenvalue weighted by Gasteiger charge is 2.37. The first-order valence-electron chi connectivity index (χ1n) is 5.76. The van der Waals surface area contributed by atoms with E-state index in [-0.39, 0.29) is 18.4 Å². The summed E-state index contributed by atoms with van der Waals surface area (Å²) in [6.07, 6.45) is 0. The molecule has 1 saturated heterocycles. The Morgan fingerprint density at radius 1 is 1.39 bits per heavy atom. The number of halogens is 1. The fourth-order valence-corrected chi connectivity index (χ4v) is 2.45. The standard InChI is InChI=1S/C13H14ClNO3/c1-8-6-15(7-11(8)13(17)18)12(16)9-3-2-4-10(14)5-9/h2-5,8,11H,6-7H2,1H3,(H,17,18). The molecule has 1 aromatic carbocycles. The van der Waals surface area contributed by atoms with Gasteiger partial charge in [-0.15, -0.1) is 0 Å². The molecule has 4 nitrogen and oxygen atoms in total. The van der Waals surface area contributed by atoms with E-state index in [9.17, 15) is 9.59 Å². The summed E-state index contributed by atoms with van der Waals surface area (Å²) in [6, 6.07) is 6.70. The third kappa shape index (κ3) is 2.48. The number of carboxylic acid groups (broad SMARTS) is 1. The Balaban J connectivity index is 2.14. The van der Waals surface area contributed by atoms with Crippen molar-refractivity contribution >= 4 is 23.5 Å². The van der Waals surface area contributed by atoms with Crippen LogP contribution in [0.3, 0.4) is 0 Å². The number of aliphatic carboxylic acids is 1. The summed E-state index contributed by atoms with van der Waals surface area (Å²) in [7, 11) is 0. The maximum absolute atomic E-state index is 12.2. The van der Waals surface area contributed by atoms with Crippen LogP contribution >= 0.6 is 11.6 Å². The van der Waals surface area contributed by atoms with Gasteiger partial charge >= 0.3 is 5.97 Å². The quantitative estimate of drug-likeness (QED) is 0.893. The van der Waals surface area contributed by atoms with Crippen LogP contribution in [0.5, 0.6) is 0 Å². The molecule has 0 aliphatic carbocycles. The lowest BCUT2D eigenvalue weighted by atomic mass is 9.99. The Bertz CT molecular complexity index is 489. The molecule has 1 aliphatic heterocycles. The summed E-state index contributed by atoms with van der Waals surface area (Å²) >= 11 is 5.84. The minimum Gasteiger partial charge on any atom is -0.481 e. The van der Waals surface area contributed by atoms with Gasteiger partial charge < -0.3 is 10.0 Å². The van der Waals surface area contributed by atoms with Crippen LogP contribution in [-0.2, 0) is 4.79 Å². The van der Waals surface area contributed by atoms with Crippen molar-refractivity contribution < 1.29 is 14.7 Å². The van der Waals surface area contributed by atoms with E-state index >= 15 is 0 Å². The number of hydrogen-bond acceptors (Lipinski definition) is 2. The van der Waals surface area contributed by atoms with Gasteiger partial charge in [-0.3, -0.25) is 9.59 Å². The molecule has 0 aromatic heterocycles. The normalized spacial score (nSPS) is 23.1. The molecule has 2 atom stereocenters. The number of carbonyl (C=O) groups is 2. The number of likely N-dealkylation sites (tertiary alicyclic amines) is 1. The van der Waals surface area contributed by atoms with Crippen molar-refractivity contribution in [3.8, 4) is 0 Å². The van der Waals surface area contributed by atoms with E-state index in [1.54, 1.807) is 29.2 Å². The number of hydrogen-bond donors (Lipinski definition) is 1. The van der Waals surface area contributed by atoms with Gasteiger partial charge in [-0.25, -0.2) is 0 Å². The lowest BCUT2D eigenvalue weighted by Crippen LogP contribution is -2.29. The number of carbonyl (C=O) groups excluding carboxylic acids is 1. The first kappa shape index (κ1) is 12.9. The second-order valence-electron chi connectivity index (χ2n) is 4.64. The van der Waals surface area contributed by atoms with E-state index in [1.807, 2.05) is 6.92 Å². The molecule has 1 aliphatic rings. The first-order valence-corrected chi connectivity index (χ1v) is 6.14. The molecule has 1 N–H and O–H groups in total. The van der Waals surface area contributed by atoms with Crippen molar-refractivity contribution in [1.29, 1.82) is 0 Å². The highest BCUT2D eigenvalue weighted by molar-refractivity contribution is 6.30. The molecule has 0 spiro atoms. The van der Waals surface area contributed by atoms with E-state index < -0.39 is 11.9 Å². The number of carboxylic acids is 1. The molecule has 0 saturated carbocycles. The van der Waals surface area contributed by atoms with Gasteiger partial charge in [0.25, 0.3) is 5.91 Å². The minimum atomic E-state index is -0.844. The van der Waals surface area contributed by atoms with E-state index in [4.69, 9.17) is 16.7 Å². The predicted molar refractivity (Wildman–Crippen MR) is 67.6 cm³/mol. The first-order chi connectivity index (χ1) is 8.49. The number of amides is 1. The van der Waals surface area contributed by atoms with Crippen LogP contribution in [0, 0.1) is 11.8 Å². The molecule has 18 heavy (non-hydrogen) atoms. The smallest absolute Gasteiger partial charge is 0.308 e.